The van der Waals surface area contributed by atoms with E-state index >= 15 is 0 Å². The highest BCUT2D eigenvalue weighted by atomic mass is 35.5. The summed E-state index contributed by atoms with van der Waals surface area (Å²) in [7, 11) is 4.18. The van der Waals surface area contributed by atoms with Gasteiger partial charge in [-0.05, 0) is 0 Å². The van der Waals surface area contributed by atoms with Crippen LogP contribution in [-0.4, -0.2) is 32.1 Å². The smallest absolute Gasteiger partial charge is 0.314 e. The molecule has 10 heavy (non-hydrogen) atoms. The van der Waals surface area contributed by atoms with E-state index in [9.17, 15) is 0 Å². The van der Waals surface area contributed by atoms with Gasteiger partial charge >= 0.3 is 5.97 Å². The number of hydrogen-bond donors (Lipinski definition) is 0. The van der Waals surface area contributed by atoms with Crippen molar-refractivity contribution < 1.29 is 14.2 Å². The summed E-state index contributed by atoms with van der Waals surface area (Å²) in [5.41, 5.74) is 0. The predicted molar refractivity (Wildman–Crippen MR) is 39.3 cm³/mol. The molecule has 0 fully saturated rings. The van der Waals surface area contributed by atoms with Crippen LogP contribution in [0.1, 0.15) is 0 Å². The molecule has 0 amide bonds. The summed E-state index contributed by atoms with van der Waals surface area (Å²) >= 11 is 11.0. The van der Waals surface area contributed by atoms with Crippen LogP contribution in [0.2, 0.25) is 0 Å². The van der Waals surface area contributed by atoms with Crippen LogP contribution in [0.3, 0.4) is 0 Å². The molecule has 62 valence electrons. The fourth-order valence-corrected chi connectivity index (χ4v) is 1.05. The quantitative estimate of drug-likeness (QED) is 0.493. The molecule has 3 nitrogen and oxygen atoms in total. The number of hydrogen-bond acceptors (Lipinski definition) is 3. The van der Waals surface area contributed by atoms with Crippen molar-refractivity contribution in [1.29, 1.82) is 0 Å². The van der Waals surface area contributed by atoms with Crippen LogP contribution in [0.15, 0.2) is 0 Å². The lowest BCUT2D eigenvalue weighted by Gasteiger charge is -2.29. The van der Waals surface area contributed by atoms with Crippen molar-refractivity contribution in [1.82, 2.24) is 0 Å². The molecule has 0 spiro atoms. The Bertz CT molecular complexity index is 84.6. The second-order valence-corrected chi connectivity index (χ2v) is 2.61. The fourth-order valence-electron chi connectivity index (χ4n) is 0.517. The fraction of sp³-hybridized carbons (Fsp3) is 1.00. The van der Waals surface area contributed by atoms with Crippen molar-refractivity contribution in [2.75, 3.05) is 21.3 Å². The van der Waals surface area contributed by atoms with Gasteiger partial charge in [0.1, 0.15) is 0 Å². The zero-order valence-corrected chi connectivity index (χ0v) is 7.57. The normalized spacial score (nSPS) is 12.6. The van der Waals surface area contributed by atoms with Gasteiger partial charge in [-0.15, -0.1) is 0 Å². The minimum absolute atomic E-state index is 0.882. The molecular formula is C5H10Cl2O3. The molecule has 0 saturated heterocycles. The molecule has 0 aliphatic heterocycles. The van der Waals surface area contributed by atoms with E-state index in [0.717, 1.165) is 0 Å². The third-order valence-corrected chi connectivity index (χ3v) is 1.66. The van der Waals surface area contributed by atoms with Crippen molar-refractivity contribution in [3.8, 4) is 0 Å². The maximum Gasteiger partial charge on any atom is 0.314 e. The number of alkyl halides is 2. The van der Waals surface area contributed by atoms with Gasteiger partial charge in [0.15, 0.2) is 4.84 Å². The highest BCUT2D eigenvalue weighted by Crippen LogP contribution is 2.24. The SMILES string of the molecule is COC(OC)(OC)C(Cl)Cl. The van der Waals surface area contributed by atoms with Gasteiger partial charge < -0.3 is 14.2 Å². The highest BCUT2D eigenvalue weighted by molar-refractivity contribution is 6.44. The van der Waals surface area contributed by atoms with E-state index in [0.29, 0.717) is 0 Å². The minimum atomic E-state index is -1.34. The summed E-state index contributed by atoms with van der Waals surface area (Å²) in [4.78, 5) is -0.882. The maximum atomic E-state index is 5.49. The van der Waals surface area contributed by atoms with E-state index in [-0.39, 0.29) is 0 Å². The van der Waals surface area contributed by atoms with Crippen LogP contribution >= 0.6 is 23.2 Å². The Morgan fingerprint density at radius 2 is 1.30 bits per heavy atom. The van der Waals surface area contributed by atoms with Gasteiger partial charge in [-0.1, -0.05) is 23.2 Å². The van der Waals surface area contributed by atoms with E-state index in [1.807, 2.05) is 0 Å². The lowest BCUT2D eigenvalue weighted by molar-refractivity contribution is -0.343. The first-order chi connectivity index (χ1) is 4.63. The lowest BCUT2D eigenvalue weighted by Crippen LogP contribution is -2.42. The Kier molecular flexibility index (Phi) is 4.56. The molecule has 0 N–H and O–H groups in total. The second kappa shape index (κ2) is 4.36. The number of ether oxygens (including phenoxy) is 3. The third kappa shape index (κ3) is 1.97. The average Bonchev–Trinajstić information content (AvgIpc) is 1.92. The van der Waals surface area contributed by atoms with E-state index in [1.54, 1.807) is 0 Å². The summed E-state index contributed by atoms with van der Waals surface area (Å²) in [5.74, 6) is -1.34. The van der Waals surface area contributed by atoms with E-state index in [1.165, 1.54) is 21.3 Å². The summed E-state index contributed by atoms with van der Waals surface area (Å²) in [5, 5.41) is 0. The number of halogens is 2. The first-order valence-corrected chi connectivity index (χ1v) is 3.44. The first-order valence-electron chi connectivity index (χ1n) is 2.56. The molecule has 0 saturated carbocycles. The first kappa shape index (κ1) is 10.5. The Morgan fingerprint density at radius 1 is 1.00 bits per heavy atom. The zero-order valence-electron chi connectivity index (χ0n) is 6.06. The average molecular weight is 189 g/mol. The van der Waals surface area contributed by atoms with Gasteiger partial charge in [0.05, 0.1) is 0 Å². The summed E-state index contributed by atoms with van der Waals surface area (Å²) in [6, 6.07) is 0. The van der Waals surface area contributed by atoms with E-state index < -0.39 is 10.8 Å². The van der Waals surface area contributed by atoms with E-state index in [4.69, 9.17) is 37.4 Å². The summed E-state index contributed by atoms with van der Waals surface area (Å²) < 4.78 is 14.4. The largest absolute Gasteiger partial charge is 0.329 e. The molecule has 0 unspecified atom stereocenters. The van der Waals surface area contributed by atoms with Gasteiger partial charge in [-0.3, -0.25) is 0 Å². The van der Waals surface area contributed by atoms with Crippen LogP contribution in [0.5, 0.6) is 0 Å². The molecule has 5 heteroatoms. The van der Waals surface area contributed by atoms with Crippen molar-refractivity contribution in [3.63, 3.8) is 0 Å². The number of rotatable bonds is 4. The Hall–Kier alpha value is 0.460. The molecule has 0 bridgehead atoms. The van der Waals surface area contributed by atoms with Crippen molar-refractivity contribution in [3.05, 3.63) is 0 Å². The van der Waals surface area contributed by atoms with Gasteiger partial charge in [-0.2, -0.15) is 0 Å². The molecule has 0 radical (unpaired) electrons. The summed E-state index contributed by atoms with van der Waals surface area (Å²) in [6.07, 6.45) is 0. The predicted octanol–water partition coefficient (Wildman–Crippen LogP) is 1.38. The third-order valence-electron chi connectivity index (χ3n) is 1.12. The van der Waals surface area contributed by atoms with Crippen molar-refractivity contribution in [2.24, 2.45) is 0 Å². The lowest BCUT2D eigenvalue weighted by atomic mass is 10.6. The standard InChI is InChI=1S/C5H10Cl2O3/c1-8-5(9-2,10-3)4(6)7/h4H,1-3H3. The zero-order chi connectivity index (χ0) is 8.20. The maximum absolute atomic E-state index is 5.49. The van der Waals surface area contributed by atoms with Crippen LogP contribution < -0.4 is 0 Å². The van der Waals surface area contributed by atoms with Gasteiger partial charge in [0.25, 0.3) is 0 Å². The highest BCUT2D eigenvalue weighted by Gasteiger charge is 2.37. The van der Waals surface area contributed by atoms with Crippen LogP contribution in [0.4, 0.5) is 0 Å². The molecule has 0 atom stereocenters. The summed E-state index contributed by atoms with van der Waals surface area (Å²) in [6.45, 7) is 0. The van der Waals surface area contributed by atoms with Crippen LogP contribution in [0.25, 0.3) is 0 Å². The molecule has 0 aromatic rings. The van der Waals surface area contributed by atoms with Gasteiger partial charge in [0.2, 0.25) is 0 Å². The van der Waals surface area contributed by atoms with Gasteiger partial charge in [-0.25, -0.2) is 0 Å². The Morgan fingerprint density at radius 3 is 1.30 bits per heavy atom. The molecule has 0 heterocycles. The molecule has 0 aliphatic rings. The molecule has 0 aliphatic carbocycles. The van der Waals surface area contributed by atoms with E-state index in [2.05, 4.69) is 0 Å². The van der Waals surface area contributed by atoms with Crippen molar-refractivity contribution >= 4 is 23.2 Å². The number of methoxy groups -OCH3 is 3. The molecular weight excluding hydrogens is 179 g/mol. The topological polar surface area (TPSA) is 27.7 Å². The molecule has 0 rings (SSSR count). The second-order valence-electron chi connectivity index (χ2n) is 1.52. The van der Waals surface area contributed by atoms with Crippen LogP contribution in [-0.2, 0) is 14.2 Å². The molecule has 0 aromatic carbocycles. The van der Waals surface area contributed by atoms with Gasteiger partial charge in [0, 0.05) is 21.3 Å². The van der Waals surface area contributed by atoms with Crippen LogP contribution in [0, 0.1) is 0 Å². The molecule has 0 aromatic heterocycles. The minimum Gasteiger partial charge on any atom is -0.329 e. The Balaban J connectivity index is 4.15. The monoisotopic (exact) mass is 188 g/mol. The Labute approximate surface area is 70.1 Å². The van der Waals surface area contributed by atoms with Crippen molar-refractivity contribution in [2.45, 2.75) is 10.8 Å².